The lowest BCUT2D eigenvalue weighted by Crippen LogP contribution is -2.29. The zero-order chi connectivity index (χ0) is 21.2. The van der Waals surface area contributed by atoms with Crippen molar-refractivity contribution < 1.29 is 32.2 Å². The predicted molar refractivity (Wildman–Crippen MR) is 96.8 cm³/mol. The first-order chi connectivity index (χ1) is 13.2. The van der Waals surface area contributed by atoms with E-state index in [4.69, 9.17) is 4.74 Å². The molecule has 0 radical (unpaired) electrons. The van der Waals surface area contributed by atoms with Crippen LogP contribution in [0.15, 0.2) is 60.5 Å². The molecular weight excluding hydrogens is 377 g/mol. The first-order valence-corrected chi connectivity index (χ1v) is 7.92. The minimum atomic E-state index is -4.58. The maximum atomic E-state index is 12.6. The highest BCUT2D eigenvalue weighted by Gasteiger charge is 2.32. The summed E-state index contributed by atoms with van der Waals surface area (Å²) in [7, 11) is 1.09. The minimum absolute atomic E-state index is 0.101. The number of halogens is 3. The summed E-state index contributed by atoms with van der Waals surface area (Å²) in [6, 6.07) is 1.85. The number of alkyl carbamates (subject to hydrolysis) is 1. The lowest BCUT2D eigenvalue weighted by molar-refractivity contribution is -0.141. The monoisotopic (exact) mass is 396 g/mol. The van der Waals surface area contributed by atoms with Crippen molar-refractivity contribution in [1.29, 1.82) is 0 Å². The van der Waals surface area contributed by atoms with Gasteiger partial charge in [-0.2, -0.15) is 13.2 Å². The first kappa shape index (κ1) is 22.7. The van der Waals surface area contributed by atoms with E-state index in [1.807, 2.05) is 6.92 Å². The van der Waals surface area contributed by atoms with Crippen LogP contribution in [0.4, 0.5) is 18.0 Å². The summed E-state index contributed by atoms with van der Waals surface area (Å²) in [5.41, 5.74) is -0.648. The molecule has 1 amide bonds. The molecule has 0 saturated carbocycles. The van der Waals surface area contributed by atoms with Crippen molar-refractivity contribution in [2.24, 2.45) is 0 Å². The van der Waals surface area contributed by atoms with Gasteiger partial charge in [-0.15, -0.1) is 0 Å². The zero-order valence-corrected chi connectivity index (χ0v) is 15.2. The Morgan fingerprint density at radius 1 is 1.32 bits per heavy atom. The first-order valence-electron chi connectivity index (χ1n) is 7.92. The fourth-order valence-corrected chi connectivity index (χ4v) is 1.77. The van der Waals surface area contributed by atoms with Gasteiger partial charge in [-0.05, 0) is 30.2 Å². The van der Waals surface area contributed by atoms with Crippen LogP contribution < -0.4 is 5.32 Å². The summed E-state index contributed by atoms with van der Waals surface area (Å²) < 4.78 is 47.2. The van der Waals surface area contributed by atoms with E-state index in [-0.39, 0.29) is 17.9 Å². The standard InChI is InChI=1S/C19H19F3N2O4/c1-4-6-7-13(5-2)12-28-18(26)24-15(17(25)27-3)10-14-8-9-16(23-11-14)19(20,21)22/h4-11H,2,12H2,1,3H3,(H,24,26)/b6-4-,13-7+,15-10-. The van der Waals surface area contributed by atoms with Crippen LogP contribution in [-0.4, -0.2) is 30.8 Å². The van der Waals surface area contributed by atoms with Gasteiger partial charge < -0.3 is 9.47 Å². The number of amides is 1. The Balaban J connectivity index is 2.91. The normalized spacial score (nSPS) is 12.6. The molecular formula is C19H19F3N2O4. The Hall–Kier alpha value is -3.36. The third-order valence-electron chi connectivity index (χ3n) is 3.16. The Kier molecular flexibility index (Phi) is 8.67. The van der Waals surface area contributed by atoms with Gasteiger partial charge in [-0.1, -0.05) is 36.9 Å². The van der Waals surface area contributed by atoms with E-state index in [9.17, 15) is 22.8 Å². The number of carbonyl (C=O) groups excluding carboxylic acids is 2. The van der Waals surface area contributed by atoms with Crippen molar-refractivity contribution in [3.8, 4) is 0 Å². The van der Waals surface area contributed by atoms with Crippen molar-refractivity contribution in [3.05, 3.63) is 71.7 Å². The second-order valence-electron chi connectivity index (χ2n) is 5.20. The van der Waals surface area contributed by atoms with E-state index in [0.29, 0.717) is 5.57 Å². The molecule has 0 atom stereocenters. The van der Waals surface area contributed by atoms with E-state index in [0.717, 1.165) is 31.5 Å². The van der Waals surface area contributed by atoms with Crippen LogP contribution in [0, 0.1) is 0 Å². The zero-order valence-electron chi connectivity index (χ0n) is 15.2. The fourth-order valence-electron chi connectivity index (χ4n) is 1.77. The number of nitrogens with one attached hydrogen (secondary N) is 1. The van der Waals surface area contributed by atoms with Gasteiger partial charge in [0, 0.05) is 6.20 Å². The molecule has 1 N–H and O–H groups in total. The van der Waals surface area contributed by atoms with E-state index in [1.165, 1.54) is 6.08 Å². The van der Waals surface area contributed by atoms with Gasteiger partial charge in [0.05, 0.1) is 7.11 Å². The largest absolute Gasteiger partial charge is 0.464 e. The molecule has 0 spiro atoms. The number of pyridine rings is 1. The molecule has 0 unspecified atom stereocenters. The minimum Gasteiger partial charge on any atom is -0.464 e. The third-order valence-corrected chi connectivity index (χ3v) is 3.16. The van der Waals surface area contributed by atoms with Gasteiger partial charge in [0.2, 0.25) is 0 Å². The number of hydrogen-bond donors (Lipinski definition) is 1. The number of nitrogens with zero attached hydrogens (tertiary/aromatic N) is 1. The average molecular weight is 396 g/mol. The Bertz CT molecular complexity index is 794. The van der Waals surface area contributed by atoms with Crippen LogP contribution in [-0.2, 0) is 20.4 Å². The van der Waals surface area contributed by atoms with E-state index >= 15 is 0 Å². The van der Waals surface area contributed by atoms with Crippen LogP contribution in [0.2, 0.25) is 0 Å². The second kappa shape index (κ2) is 10.7. The van der Waals surface area contributed by atoms with E-state index < -0.39 is 23.9 Å². The lowest BCUT2D eigenvalue weighted by atomic mass is 10.2. The van der Waals surface area contributed by atoms with Gasteiger partial charge in [0.1, 0.15) is 18.0 Å². The maximum absolute atomic E-state index is 12.6. The molecule has 0 aliphatic heterocycles. The number of esters is 1. The highest BCUT2D eigenvalue weighted by atomic mass is 19.4. The maximum Gasteiger partial charge on any atom is 0.433 e. The highest BCUT2D eigenvalue weighted by Crippen LogP contribution is 2.27. The molecule has 28 heavy (non-hydrogen) atoms. The number of allylic oxidation sites excluding steroid dienone is 3. The Labute approximate surface area is 160 Å². The lowest BCUT2D eigenvalue weighted by Gasteiger charge is -2.10. The molecule has 0 aliphatic carbocycles. The number of carbonyl (C=O) groups is 2. The topological polar surface area (TPSA) is 77.5 Å². The fraction of sp³-hybridized carbons (Fsp3) is 0.211. The number of alkyl halides is 3. The SMILES string of the molecule is C=C/C(=C\C=C/C)COC(=O)N/C(=C\c1ccc(C(F)(F)F)nc1)C(=O)OC. The predicted octanol–water partition coefficient (Wildman–Crippen LogP) is 4.03. The number of aromatic nitrogens is 1. The van der Waals surface area contributed by atoms with E-state index in [1.54, 1.807) is 18.2 Å². The Morgan fingerprint density at radius 3 is 2.54 bits per heavy atom. The molecule has 1 heterocycles. The van der Waals surface area contributed by atoms with Crippen LogP contribution >= 0.6 is 0 Å². The average Bonchev–Trinajstić information content (AvgIpc) is 2.66. The van der Waals surface area contributed by atoms with Crippen molar-refractivity contribution in [2.45, 2.75) is 13.1 Å². The summed E-state index contributed by atoms with van der Waals surface area (Å²) in [6.45, 7) is 5.30. The third kappa shape index (κ3) is 7.48. The summed E-state index contributed by atoms with van der Waals surface area (Å²) in [5, 5.41) is 2.19. The van der Waals surface area contributed by atoms with Crippen molar-refractivity contribution >= 4 is 18.1 Å². The highest BCUT2D eigenvalue weighted by molar-refractivity contribution is 5.96. The van der Waals surface area contributed by atoms with Gasteiger partial charge in [0.15, 0.2) is 0 Å². The van der Waals surface area contributed by atoms with E-state index in [2.05, 4.69) is 21.6 Å². The second-order valence-corrected chi connectivity index (χ2v) is 5.20. The smallest absolute Gasteiger partial charge is 0.433 e. The molecule has 0 fully saturated rings. The number of hydrogen-bond acceptors (Lipinski definition) is 5. The van der Waals surface area contributed by atoms with Gasteiger partial charge >= 0.3 is 18.2 Å². The number of rotatable bonds is 7. The van der Waals surface area contributed by atoms with Crippen molar-refractivity contribution in [3.63, 3.8) is 0 Å². The molecule has 150 valence electrons. The quantitative estimate of drug-likeness (QED) is 0.428. The van der Waals surface area contributed by atoms with Crippen LogP contribution in [0.5, 0.6) is 0 Å². The molecule has 0 aromatic carbocycles. The van der Waals surface area contributed by atoms with Gasteiger partial charge in [-0.25, -0.2) is 9.59 Å². The summed E-state index contributed by atoms with van der Waals surface area (Å²) >= 11 is 0. The van der Waals surface area contributed by atoms with Gasteiger partial charge in [-0.3, -0.25) is 10.3 Å². The molecule has 1 rings (SSSR count). The van der Waals surface area contributed by atoms with Crippen LogP contribution in [0.3, 0.4) is 0 Å². The molecule has 0 aliphatic rings. The van der Waals surface area contributed by atoms with Crippen LogP contribution in [0.25, 0.3) is 6.08 Å². The molecule has 1 aromatic rings. The Morgan fingerprint density at radius 2 is 2.04 bits per heavy atom. The molecule has 9 heteroatoms. The number of methoxy groups -OCH3 is 1. The van der Waals surface area contributed by atoms with Crippen molar-refractivity contribution in [2.75, 3.05) is 13.7 Å². The summed E-state index contributed by atoms with van der Waals surface area (Å²) in [5.74, 6) is -0.912. The van der Waals surface area contributed by atoms with Crippen molar-refractivity contribution in [1.82, 2.24) is 10.3 Å². The molecule has 1 aromatic heterocycles. The van der Waals surface area contributed by atoms with Crippen LogP contribution in [0.1, 0.15) is 18.2 Å². The molecule has 6 nitrogen and oxygen atoms in total. The molecule has 0 saturated heterocycles. The molecule has 0 bridgehead atoms. The summed E-state index contributed by atoms with van der Waals surface area (Å²) in [6.07, 6.45) is 3.18. The van der Waals surface area contributed by atoms with Gasteiger partial charge in [0.25, 0.3) is 0 Å². The summed E-state index contributed by atoms with van der Waals surface area (Å²) in [4.78, 5) is 27.0. The number of ether oxygens (including phenoxy) is 2.